The van der Waals surface area contributed by atoms with E-state index < -0.39 is 0 Å². The molecule has 3 atom stereocenters. The highest BCUT2D eigenvalue weighted by molar-refractivity contribution is 5.10. The number of hydrogen-bond donors (Lipinski definition) is 1. The van der Waals surface area contributed by atoms with Gasteiger partial charge in [0.25, 0.3) is 0 Å². The van der Waals surface area contributed by atoms with E-state index in [4.69, 9.17) is 9.47 Å². The minimum Gasteiger partial charge on any atom is -0.396 e. The molecule has 0 aromatic heterocycles. The van der Waals surface area contributed by atoms with Gasteiger partial charge < -0.3 is 14.6 Å². The fourth-order valence-electron chi connectivity index (χ4n) is 3.83. The van der Waals surface area contributed by atoms with Crippen molar-refractivity contribution in [3.05, 3.63) is 12.2 Å². The number of ether oxygens (including phenoxy) is 2. The molecule has 116 valence electrons. The molecule has 0 bridgehead atoms. The van der Waals surface area contributed by atoms with Crippen molar-refractivity contribution in [2.45, 2.75) is 64.6 Å². The van der Waals surface area contributed by atoms with Crippen LogP contribution in [0, 0.1) is 11.3 Å². The number of hydrogen-bond acceptors (Lipinski definition) is 3. The molecule has 1 unspecified atom stereocenters. The van der Waals surface area contributed by atoms with E-state index in [0.29, 0.717) is 5.92 Å². The molecule has 2 aliphatic rings. The maximum Gasteiger partial charge on any atom is 0.157 e. The van der Waals surface area contributed by atoms with Crippen molar-refractivity contribution in [2.75, 3.05) is 19.8 Å². The van der Waals surface area contributed by atoms with E-state index in [2.05, 4.69) is 13.5 Å². The summed E-state index contributed by atoms with van der Waals surface area (Å²) in [5.41, 5.74) is 1.54. The average molecular weight is 282 g/mol. The van der Waals surface area contributed by atoms with Crippen LogP contribution in [0.15, 0.2) is 12.2 Å². The van der Waals surface area contributed by atoms with Crippen LogP contribution in [-0.2, 0) is 9.47 Å². The zero-order chi connectivity index (χ0) is 14.4. The van der Waals surface area contributed by atoms with E-state index in [1.165, 1.54) is 24.8 Å². The Hall–Kier alpha value is -0.380. The molecule has 0 aromatic carbocycles. The van der Waals surface area contributed by atoms with Gasteiger partial charge in [-0.05, 0) is 62.7 Å². The van der Waals surface area contributed by atoms with Gasteiger partial charge in [0.1, 0.15) is 0 Å². The molecule has 2 fully saturated rings. The van der Waals surface area contributed by atoms with Gasteiger partial charge in [0.2, 0.25) is 0 Å². The van der Waals surface area contributed by atoms with Crippen molar-refractivity contribution in [1.82, 2.24) is 0 Å². The van der Waals surface area contributed by atoms with E-state index in [1.54, 1.807) is 0 Å². The molecule has 20 heavy (non-hydrogen) atoms. The average Bonchev–Trinajstić information content (AvgIpc) is 2.43. The van der Waals surface area contributed by atoms with Crippen molar-refractivity contribution in [3.63, 3.8) is 0 Å². The molecular formula is C17H30O3. The Balaban J connectivity index is 1.82. The van der Waals surface area contributed by atoms with Crippen LogP contribution in [0.3, 0.4) is 0 Å². The van der Waals surface area contributed by atoms with Crippen molar-refractivity contribution >= 4 is 0 Å². The molecule has 1 saturated heterocycles. The monoisotopic (exact) mass is 282 g/mol. The van der Waals surface area contributed by atoms with Crippen molar-refractivity contribution in [1.29, 1.82) is 0 Å². The summed E-state index contributed by atoms with van der Waals surface area (Å²) in [5, 5.41) is 9.34. The predicted molar refractivity (Wildman–Crippen MR) is 80.5 cm³/mol. The van der Waals surface area contributed by atoms with Crippen LogP contribution in [-0.4, -0.2) is 31.2 Å². The van der Waals surface area contributed by atoms with Gasteiger partial charge in [-0.25, -0.2) is 0 Å². The minimum absolute atomic E-state index is 0.00436. The van der Waals surface area contributed by atoms with Crippen LogP contribution in [0.1, 0.15) is 58.3 Å². The highest BCUT2D eigenvalue weighted by Crippen LogP contribution is 2.47. The van der Waals surface area contributed by atoms with Gasteiger partial charge in [-0.2, -0.15) is 0 Å². The van der Waals surface area contributed by atoms with E-state index in [-0.39, 0.29) is 18.3 Å². The quantitative estimate of drug-likeness (QED) is 0.756. The summed E-state index contributed by atoms with van der Waals surface area (Å²) < 4.78 is 11.5. The second-order valence-corrected chi connectivity index (χ2v) is 6.65. The summed E-state index contributed by atoms with van der Waals surface area (Å²) in [6.45, 7) is 8.42. The first kappa shape index (κ1) is 16.0. The summed E-state index contributed by atoms with van der Waals surface area (Å²) in [6.07, 6.45) is 8.81. The zero-order valence-electron chi connectivity index (χ0n) is 12.9. The lowest BCUT2D eigenvalue weighted by Gasteiger charge is -2.43. The largest absolute Gasteiger partial charge is 0.396 e. The molecular weight excluding hydrogens is 252 g/mol. The first-order valence-corrected chi connectivity index (χ1v) is 8.17. The summed E-state index contributed by atoms with van der Waals surface area (Å²) >= 11 is 0. The summed E-state index contributed by atoms with van der Waals surface area (Å²) in [6, 6.07) is 0. The normalized spacial score (nSPS) is 35.2. The number of aliphatic hydroxyl groups is 1. The lowest BCUT2D eigenvalue weighted by molar-refractivity contribution is -0.165. The summed E-state index contributed by atoms with van der Waals surface area (Å²) in [4.78, 5) is 0. The van der Waals surface area contributed by atoms with Gasteiger partial charge in [-0.1, -0.05) is 19.1 Å². The third-order valence-corrected chi connectivity index (χ3v) is 5.11. The van der Waals surface area contributed by atoms with Crippen LogP contribution in [0.4, 0.5) is 0 Å². The smallest absolute Gasteiger partial charge is 0.157 e. The molecule has 1 aliphatic heterocycles. The zero-order valence-corrected chi connectivity index (χ0v) is 12.9. The topological polar surface area (TPSA) is 38.7 Å². The molecule has 1 heterocycles. The molecule has 1 aliphatic carbocycles. The fourth-order valence-corrected chi connectivity index (χ4v) is 3.83. The molecule has 1 N–H and O–H groups in total. The Bertz CT molecular complexity index is 305. The van der Waals surface area contributed by atoms with Gasteiger partial charge in [0.05, 0.1) is 6.61 Å². The second kappa shape index (κ2) is 7.58. The van der Waals surface area contributed by atoms with Crippen molar-refractivity contribution < 1.29 is 14.6 Å². The third kappa shape index (κ3) is 4.06. The van der Waals surface area contributed by atoms with E-state index in [1.807, 2.05) is 0 Å². The van der Waals surface area contributed by atoms with Gasteiger partial charge in [0, 0.05) is 13.2 Å². The van der Waals surface area contributed by atoms with E-state index >= 15 is 0 Å². The standard InChI is InChI=1S/C17H30O3/c1-14-6-5-9-17(2,10-11-18)15(14)8-13-20-16-7-3-4-12-19-16/h15-16,18H,1,3-13H2,2H3/t15-,16?,17+/m1/s1. The van der Waals surface area contributed by atoms with Gasteiger partial charge in [-0.15, -0.1) is 0 Å². The molecule has 2 rings (SSSR count). The minimum atomic E-state index is 0.00436. The molecule has 0 amide bonds. The van der Waals surface area contributed by atoms with Gasteiger partial charge >= 0.3 is 0 Å². The van der Waals surface area contributed by atoms with E-state index in [0.717, 1.165) is 45.3 Å². The van der Waals surface area contributed by atoms with Gasteiger partial charge in [0.15, 0.2) is 6.29 Å². The molecule has 3 nitrogen and oxygen atoms in total. The first-order valence-electron chi connectivity index (χ1n) is 8.17. The number of allylic oxidation sites excluding steroid dienone is 1. The molecule has 0 radical (unpaired) electrons. The maximum atomic E-state index is 9.34. The predicted octanol–water partition coefficient (Wildman–Crippen LogP) is 3.66. The highest BCUT2D eigenvalue weighted by Gasteiger charge is 2.37. The Morgan fingerprint density at radius 1 is 1.40 bits per heavy atom. The van der Waals surface area contributed by atoms with Crippen LogP contribution >= 0.6 is 0 Å². The Morgan fingerprint density at radius 2 is 2.25 bits per heavy atom. The number of rotatable bonds is 6. The summed E-state index contributed by atoms with van der Waals surface area (Å²) in [7, 11) is 0. The van der Waals surface area contributed by atoms with Crippen molar-refractivity contribution in [2.24, 2.45) is 11.3 Å². The first-order chi connectivity index (χ1) is 9.65. The third-order valence-electron chi connectivity index (χ3n) is 5.11. The molecule has 1 saturated carbocycles. The van der Waals surface area contributed by atoms with Crippen LogP contribution < -0.4 is 0 Å². The lowest BCUT2D eigenvalue weighted by atomic mass is 9.63. The lowest BCUT2D eigenvalue weighted by Crippen LogP contribution is -2.34. The molecule has 3 heteroatoms. The van der Waals surface area contributed by atoms with Crippen LogP contribution in [0.5, 0.6) is 0 Å². The highest BCUT2D eigenvalue weighted by atomic mass is 16.7. The van der Waals surface area contributed by atoms with Crippen LogP contribution in [0.25, 0.3) is 0 Å². The SMILES string of the molecule is C=C1CCC[C@@](C)(CCO)[C@@H]1CCOC1CCCCO1. The Labute approximate surface area is 123 Å². The van der Waals surface area contributed by atoms with E-state index in [9.17, 15) is 5.11 Å². The fraction of sp³-hybridized carbons (Fsp3) is 0.882. The molecule has 0 spiro atoms. The Kier molecular flexibility index (Phi) is 6.06. The van der Waals surface area contributed by atoms with Gasteiger partial charge in [-0.3, -0.25) is 0 Å². The Morgan fingerprint density at radius 3 is 2.95 bits per heavy atom. The number of aliphatic hydroxyl groups excluding tert-OH is 1. The maximum absolute atomic E-state index is 9.34. The van der Waals surface area contributed by atoms with Crippen LogP contribution in [0.2, 0.25) is 0 Å². The summed E-state index contributed by atoms with van der Waals surface area (Å²) in [5.74, 6) is 0.479. The van der Waals surface area contributed by atoms with Crippen molar-refractivity contribution in [3.8, 4) is 0 Å². The second-order valence-electron chi connectivity index (χ2n) is 6.65. The molecule has 0 aromatic rings.